The number of amides is 1. The van der Waals surface area contributed by atoms with Crippen LogP contribution in [0.5, 0.6) is 5.75 Å². The van der Waals surface area contributed by atoms with Gasteiger partial charge in [0.1, 0.15) is 11.9 Å². The largest absolute Gasteiger partial charge is 0.494 e. The summed E-state index contributed by atoms with van der Waals surface area (Å²) in [5, 5.41) is 13.6. The first-order valence-electron chi connectivity index (χ1n) is 7.90. The fraction of sp³-hybridized carbons (Fsp3) is 0.500. The number of fused-ring (bicyclic) bond motifs is 1. The Morgan fingerprint density at radius 3 is 2.88 bits per heavy atom. The summed E-state index contributed by atoms with van der Waals surface area (Å²) < 4.78 is 10.5. The van der Waals surface area contributed by atoms with Gasteiger partial charge in [-0.15, -0.1) is 0 Å². The van der Waals surface area contributed by atoms with Gasteiger partial charge in [-0.05, 0) is 18.4 Å². The van der Waals surface area contributed by atoms with E-state index in [4.69, 9.17) is 9.47 Å². The van der Waals surface area contributed by atoms with Crippen molar-refractivity contribution < 1.29 is 24.0 Å². The number of ether oxygens (including phenoxy) is 2. The van der Waals surface area contributed by atoms with Crippen molar-refractivity contribution in [3.63, 3.8) is 0 Å². The minimum absolute atomic E-state index is 0.0188. The van der Waals surface area contributed by atoms with Gasteiger partial charge in [0, 0.05) is 12.0 Å². The molecule has 1 heterocycles. The van der Waals surface area contributed by atoms with Crippen LogP contribution in [0.2, 0.25) is 0 Å². The molecule has 1 amide bonds. The minimum Gasteiger partial charge on any atom is -0.494 e. The van der Waals surface area contributed by atoms with E-state index in [0.717, 1.165) is 6.42 Å². The summed E-state index contributed by atoms with van der Waals surface area (Å²) in [4.78, 5) is 35.3. The van der Waals surface area contributed by atoms with Crippen molar-refractivity contribution in [2.75, 3.05) is 12.4 Å². The van der Waals surface area contributed by atoms with Gasteiger partial charge in [0.15, 0.2) is 0 Å². The second kappa shape index (κ2) is 5.69. The smallest absolute Gasteiger partial charge is 0.310 e. The summed E-state index contributed by atoms with van der Waals surface area (Å²) in [5.74, 6) is -1.16. The van der Waals surface area contributed by atoms with Crippen LogP contribution >= 0.6 is 15.9 Å². The van der Waals surface area contributed by atoms with E-state index in [2.05, 4.69) is 21.2 Å². The molecule has 3 fully saturated rings. The van der Waals surface area contributed by atoms with Crippen LogP contribution in [-0.4, -0.2) is 34.8 Å². The number of halogens is 1. The zero-order valence-corrected chi connectivity index (χ0v) is 14.8. The van der Waals surface area contributed by atoms with Crippen LogP contribution < -0.4 is 10.1 Å². The standard InChI is InChI=1S/C16H15BrN2O6/c1-24-10-4-6(19(22)23)2-3-9(10)18-15(20)11-7-5-8-12(11)16(21)25-14(8)13(7)17/h2-4,7-8,11-14H,5H2,1H3,(H,18,20)/t7-,8-,11-,12+,13-,14+/m1/s1. The fourth-order valence-corrected chi connectivity index (χ4v) is 5.49. The molecule has 2 bridgehead atoms. The third-order valence-corrected chi connectivity index (χ3v) is 6.68. The number of nitro groups is 1. The van der Waals surface area contributed by atoms with Gasteiger partial charge in [-0.3, -0.25) is 19.7 Å². The summed E-state index contributed by atoms with van der Waals surface area (Å²) in [6.45, 7) is 0. The number of nitrogens with one attached hydrogen (secondary N) is 1. The fourth-order valence-electron chi connectivity index (χ4n) is 4.44. The Balaban J connectivity index is 1.59. The first kappa shape index (κ1) is 16.3. The van der Waals surface area contributed by atoms with Crippen molar-refractivity contribution in [3.05, 3.63) is 28.3 Å². The number of alkyl halides is 1. The molecule has 1 aromatic rings. The molecule has 2 aliphatic carbocycles. The number of anilines is 1. The minimum atomic E-state index is -0.534. The first-order chi connectivity index (χ1) is 11.9. The van der Waals surface area contributed by atoms with Crippen molar-refractivity contribution in [1.29, 1.82) is 0 Å². The van der Waals surface area contributed by atoms with E-state index in [1.165, 1.54) is 25.3 Å². The SMILES string of the molecule is COc1cc([N+](=O)[O-])ccc1NC(=O)[C@@H]1[C@H]2C[C@H]3[C@H](OC(=O)[C@@H]31)[C@@H]2Br. The number of rotatable bonds is 4. The number of benzene rings is 1. The highest BCUT2D eigenvalue weighted by molar-refractivity contribution is 9.09. The van der Waals surface area contributed by atoms with E-state index in [-0.39, 0.29) is 46.1 Å². The van der Waals surface area contributed by atoms with Crippen LogP contribution in [0.3, 0.4) is 0 Å². The van der Waals surface area contributed by atoms with E-state index in [9.17, 15) is 19.7 Å². The number of hydrogen-bond donors (Lipinski definition) is 1. The van der Waals surface area contributed by atoms with E-state index in [1.807, 2.05) is 0 Å². The number of non-ortho nitro benzene ring substituents is 1. The highest BCUT2D eigenvalue weighted by atomic mass is 79.9. The molecule has 132 valence electrons. The molecular weight excluding hydrogens is 396 g/mol. The van der Waals surface area contributed by atoms with Gasteiger partial charge < -0.3 is 14.8 Å². The lowest BCUT2D eigenvalue weighted by Crippen LogP contribution is -2.40. The van der Waals surface area contributed by atoms with Gasteiger partial charge in [-0.25, -0.2) is 0 Å². The number of carbonyl (C=O) groups is 2. The van der Waals surface area contributed by atoms with Gasteiger partial charge >= 0.3 is 5.97 Å². The molecule has 0 radical (unpaired) electrons. The monoisotopic (exact) mass is 410 g/mol. The third-order valence-electron chi connectivity index (χ3n) is 5.48. The number of hydrogen-bond acceptors (Lipinski definition) is 6. The zero-order valence-electron chi connectivity index (χ0n) is 13.2. The van der Waals surface area contributed by atoms with Crippen molar-refractivity contribution in [2.24, 2.45) is 23.7 Å². The van der Waals surface area contributed by atoms with E-state index in [1.54, 1.807) is 0 Å². The maximum atomic E-state index is 12.8. The van der Waals surface area contributed by atoms with Crippen LogP contribution in [0.15, 0.2) is 18.2 Å². The van der Waals surface area contributed by atoms with Gasteiger partial charge in [0.2, 0.25) is 5.91 Å². The molecule has 1 N–H and O–H groups in total. The Bertz CT molecular complexity index is 784. The number of nitro benzene ring substituents is 1. The lowest BCUT2D eigenvalue weighted by molar-refractivity contribution is -0.384. The number of methoxy groups -OCH3 is 1. The topological polar surface area (TPSA) is 108 Å². The quantitative estimate of drug-likeness (QED) is 0.352. The maximum Gasteiger partial charge on any atom is 0.310 e. The lowest BCUT2D eigenvalue weighted by Gasteiger charge is -2.27. The van der Waals surface area contributed by atoms with Gasteiger partial charge in [-0.1, -0.05) is 15.9 Å². The lowest BCUT2D eigenvalue weighted by atomic mass is 9.79. The number of carbonyl (C=O) groups excluding carboxylic acids is 2. The molecule has 6 atom stereocenters. The molecule has 1 saturated heterocycles. The molecule has 0 aromatic heterocycles. The summed E-state index contributed by atoms with van der Waals surface area (Å²) >= 11 is 3.57. The van der Waals surface area contributed by atoms with E-state index in [0.29, 0.717) is 5.69 Å². The molecule has 1 aliphatic heterocycles. The Labute approximate surface area is 151 Å². The third kappa shape index (κ3) is 2.32. The Morgan fingerprint density at radius 1 is 1.44 bits per heavy atom. The van der Waals surface area contributed by atoms with Crippen molar-refractivity contribution >= 4 is 39.2 Å². The zero-order chi connectivity index (χ0) is 17.9. The van der Waals surface area contributed by atoms with E-state index >= 15 is 0 Å². The molecule has 4 rings (SSSR count). The predicted molar refractivity (Wildman–Crippen MR) is 89.5 cm³/mol. The highest BCUT2D eigenvalue weighted by Gasteiger charge is 2.67. The van der Waals surface area contributed by atoms with Crippen LogP contribution in [0.25, 0.3) is 0 Å². The highest BCUT2D eigenvalue weighted by Crippen LogP contribution is 2.60. The Morgan fingerprint density at radius 2 is 2.20 bits per heavy atom. The summed E-state index contributed by atoms with van der Waals surface area (Å²) in [5.41, 5.74) is 0.215. The van der Waals surface area contributed by atoms with Crippen molar-refractivity contribution in [2.45, 2.75) is 17.4 Å². The predicted octanol–water partition coefficient (Wildman–Crippen LogP) is 2.11. The molecule has 1 aromatic carbocycles. The number of nitrogens with zero attached hydrogens (tertiary/aromatic N) is 1. The summed E-state index contributed by atoms with van der Waals surface area (Å²) in [7, 11) is 1.37. The average Bonchev–Trinajstić information content (AvgIpc) is 3.19. The van der Waals surface area contributed by atoms with Crippen LogP contribution in [0.4, 0.5) is 11.4 Å². The average molecular weight is 411 g/mol. The second-order valence-electron chi connectivity index (χ2n) is 6.59. The second-order valence-corrected chi connectivity index (χ2v) is 7.65. The van der Waals surface area contributed by atoms with Crippen LogP contribution in [0.1, 0.15) is 6.42 Å². The number of esters is 1. The van der Waals surface area contributed by atoms with Crippen molar-refractivity contribution in [1.82, 2.24) is 0 Å². The molecular formula is C16H15BrN2O6. The normalized spacial score (nSPS) is 34.7. The summed E-state index contributed by atoms with van der Waals surface area (Å²) in [6.07, 6.45) is 0.646. The van der Waals surface area contributed by atoms with Gasteiger partial charge in [0.25, 0.3) is 5.69 Å². The molecule has 25 heavy (non-hydrogen) atoms. The Hall–Kier alpha value is -2.16. The molecule has 2 saturated carbocycles. The van der Waals surface area contributed by atoms with E-state index < -0.39 is 16.8 Å². The van der Waals surface area contributed by atoms with Gasteiger partial charge in [0.05, 0.1) is 40.4 Å². The molecule has 8 nitrogen and oxygen atoms in total. The Kier molecular flexibility index (Phi) is 3.71. The van der Waals surface area contributed by atoms with Crippen molar-refractivity contribution in [3.8, 4) is 5.75 Å². The summed E-state index contributed by atoms with van der Waals surface area (Å²) in [6, 6.07) is 3.99. The molecule has 3 aliphatic rings. The first-order valence-corrected chi connectivity index (χ1v) is 8.81. The molecule has 0 unspecified atom stereocenters. The maximum absolute atomic E-state index is 12.8. The van der Waals surface area contributed by atoms with Crippen LogP contribution in [0, 0.1) is 33.8 Å². The molecule has 0 spiro atoms. The molecule has 9 heteroatoms. The van der Waals surface area contributed by atoms with Crippen LogP contribution in [-0.2, 0) is 14.3 Å². The van der Waals surface area contributed by atoms with Gasteiger partial charge in [-0.2, -0.15) is 0 Å².